The smallest absolute Gasteiger partial charge is 0.341 e. The average molecular weight is 369 g/mol. The van der Waals surface area contributed by atoms with Gasteiger partial charge in [0.1, 0.15) is 5.00 Å². The highest BCUT2D eigenvalue weighted by Crippen LogP contribution is 2.48. The molecule has 1 aromatic carbocycles. The van der Waals surface area contributed by atoms with Gasteiger partial charge >= 0.3 is 5.97 Å². The molecule has 1 heterocycles. The molecule has 1 saturated carbocycles. The maximum absolute atomic E-state index is 12.7. The van der Waals surface area contributed by atoms with E-state index in [2.05, 4.69) is 24.4 Å². The van der Waals surface area contributed by atoms with E-state index in [9.17, 15) is 9.59 Å². The SMILES string of the molecule is COC(=O)c1c(NC(=O)C2CC2c2ccccc2)sc2c1CCC(C)C2. The van der Waals surface area contributed by atoms with Crippen molar-refractivity contribution in [1.29, 1.82) is 0 Å². The third-order valence-corrected chi connectivity index (χ3v) is 6.66. The number of carbonyl (C=O) groups excluding carboxylic acids is 2. The summed E-state index contributed by atoms with van der Waals surface area (Å²) in [6.45, 7) is 2.23. The second kappa shape index (κ2) is 6.88. The van der Waals surface area contributed by atoms with E-state index in [1.165, 1.54) is 17.6 Å². The number of amides is 1. The molecule has 2 aliphatic rings. The van der Waals surface area contributed by atoms with E-state index in [4.69, 9.17) is 4.74 Å². The van der Waals surface area contributed by atoms with E-state index in [0.717, 1.165) is 31.2 Å². The molecule has 3 unspecified atom stereocenters. The first-order valence-electron chi connectivity index (χ1n) is 9.17. The Labute approximate surface area is 157 Å². The van der Waals surface area contributed by atoms with Gasteiger partial charge in [0.15, 0.2) is 0 Å². The van der Waals surface area contributed by atoms with Gasteiger partial charge in [-0.25, -0.2) is 4.79 Å². The van der Waals surface area contributed by atoms with Gasteiger partial charge in [-0.2, -0.15) is 0 Å². The number of rotatable bonds is 4. The van der Waals surface area contributed by atoms with Crippen LogP contribution in [0.3, 0.4) is 0 Å². The van der Waals surface area contributed by atoms with E-state index in [1.54, 1.807) is 11.3 Å². The van der Waals surface area contributed by atoms with Gasteiger partial charge in [-0.05, 0) is 48.6 Å². The minimum absolute atomic E-state index is 0.00986. The monoisotopic (exact) mass is 369 g/mol. The number of hydrogen-bond acceptors (Lipinski definition) is 4. The van der Waals surface area contributed by atoms with Crippen LogP contribution in [0.2, 0.25) is 0 Å². The fraction of sp³-hybridized carbons (Fsp3) is 0.429. The minimum atomic E-state index is -0.345. The second-order valence-electron chi connectivity index (χ2n) is 7.40. The lowest BCUT2D eigenvalue weighted by Crippen LogP contribution is -2.17. The van der Waals surface area contributed by atoms with E-state index >= 15 is 0 Å². The van der Waals surface area contributed by atoms with Gasteiger partial charge in [-0.1, -0.05) is 37.3 Å². The van der Waals surface area contributed by atoms with E-state index in [-0.39, 0.29) is 23.7 Å². The lowest BCUT2D eigenvalue weighted by Gasteiger charge is -2.18. The number of thiophene rings is 1. The van der Waals surface area contributed by atoms with Crippen molar-refractivity contribution < 1.29 is 14.3 Å². The number of methoxy groups -OCH3 is 1. The molecule has 0 saturated heterocycles. The van der Waals surface area contributed by atoms with Crippen molar-refractivity contribution in [3.8, 4) is 0 Å². The molecule has 0 radical (unpaired) electrons. The molecular formula is C21H23NO3S. The largest absolute Gasteiger partial charge is 0.465 e. The van der Waals surface area contributed by atoms with Crippen LogP contribution < -0.4 is 5.32 Å². The molecule has 1 aromatic heterocycles. The first-order valence-corrected chi connectivity index (χ1v) is 9.98. The predicted octanol–water partition coefficient (Wildman–Crippen LogP) is 4.40. The van der Waals surface area contributed by atoms with Crippen LogP contribution >= 0.6 is 11.3 Å². The van der Waals surface area contributed by atoms with E-state index < -0.39 is 0 Å². The Kier molecular flexibility index (Phi) is 4.57. The number of anilines is 1. The molecule has 3 atom stereocenters. The van der Waals surface area contributed by atoms with Crippen molar-refractivity contribution in [3.63, 3.8) is 0 Å². The van der Waals surface area contributed by atoms with Crippen molar-refractivity contribution in [3.05, 3.63) is 51.9 Å². The normalized spacial score (nSPS) is 23.8. The third kappa shape index (κ3) is 3.16. The fourth-order valence-electron chi connectivity index (χ4n) is 3.91. The summed E-state index contributed by atoms with van der Waals surface area (Å²) in [5, 5.41) is 3.70. The minimum Gasteiger partial charge on any atom is -0.465 e. The van der Waals surface area contributed by atoms with Crippen LogP contribution in [0, 0.1) is 11.8 Å². The molecule has 4 nitrogen and oxygen atoms in total. The zero-order valence-corrected chi connectivity index (χ0v) is 15.9. The lowest BCUT2D eigenvalue weighted by molar-refractivity contribution is -0.117. The molecule has 2 aromatic rings. The Morgan fingerprint density at radius 3 is 2.73 bits per heavy atom. The Balaban J connectivity index is 1.55. The van der Waals surface area contributed by atoms with Crippen molar-refractivity contribution in [2.24, 2.45) is 11.8 Å². The number of fused-ring (bicyclic) bond motifs is 1. The van der Waals surface area contributed by atoms with Crippen LogP contribution in [-0.4, -0.2) is 19.0 Å². The van der Waals surface area contributed by atoms with Gasteiger partial charge in [0.25, 0.3) is 0 Å². The number of esters is 1. The first kappa shape index (κ1) is 17.3. The summed E-state index contributed by atoms with van der Waals surface area (Å²) in [6.07, 6.45) is 3.78. The molecule has 1 amide bonds. The van der Waals surface area contributed by atoms with Gasteiger partial charge in [-0.3, -0.25) is 4.79 Å². The summed E-state index contributed by atoms with van der Waals surface area (Å²) in [6, 6.07) is 10.1. The molecular weight excluding hydrogens is 346 g/mol. The van der Waals surface area contributed by atoms with Crippen molar-refractivity contribution >= 4 is 28.2 Å². The maximum Gasteiger partial charge on any atom is 0.341 e. The summed E-state index contributed by atoms with van der Waals surface area (Å²) >= 11 is 1.55. The molecule has 0 aliphatic heterocycles. The number of benzene rings is 1. The zero-order valence-electron chi connectivity index (χ0n) is 15.1. The Morgan fingerprint density at radius 1 is 1.23 bits per heavy atom. The Hall–Kier alpha value is -2.14. The van der Waals surface area contributed by atoms with Crippen LogP contribution in [0.15, 0.2) is 30.3 Å². The summed E-state index contributed by atoms with van der Waals surface area (Å²) < 4.78 is 4.99. The van der Waals surface area contributed by atoms with Gasteiger partial charge in [0.2, 0.25) is 5.91 Å². The van der Waals surface area contributed by atoms with E-state index in [0.29, 0.717) is 16.5 Å². The van der Waals surface area contributed by atoms with Crippen molar-refractivity contribution in [1.82, 2.24) is 0 Å². The lowest BCUT2D eigenvalue weighted by atomic mass is 9.88. The van der Waals surface area contributed by atoms with Gasteiger partial charge < -0.3 is 10.1 Å². The molecule has 2 aliphatic carbocycles. The second-order valence-corrected chi connectivity index (χ2v) is 8.50. The molecule has 1 N–H and O–H groups in total. The molecule has 0 spiro atoms. The topological polar surface area (TPSA) is 55.4 Å². The number of nitrogens with one attached hydrogen (secondary N) is 1. The highest BCUT2D eigenvalue weighted by atomic mass is 32.1. The molecule has 4 rings (SSSR count). The third-order valence-electron chi connectivity index (χ3n) is 5.49. The standard InChI is InChI=1S/C21H23NO3S/c1-12-8-9-14-17(10-12)26-20(18(14)21(24)25-2)22-19(23)16-11-15(16)13-6-4-3-5-7-13/h3-7,12,15-16H,8-11H2,1-2H3,(H,22,23). The fourth-order valence-corrected chi connectivity index (χ4v) is 5.32. The molecule has 1 fully saturated rings. The molecule has 5 heteroatoms. The van der Waals surface area contributed by atoms with Crippen LogP contribution in [0.1, 0.15) is 52.0 Å². The molecule has 136 valence electrons. The number of hydrogen-bond donors (Lipinski definition) is 1. The first-order chi connectivity index (χ1) is 12.6. The summed E-state index contributed by atoms with van der Waals surface area (Å²) in [4.78, 5) is 26.3. The van der Waals surface area contributed by atoms with Gasteiger partial charge in [0, 0.05) is 10.8 Å². The maximum atomic E-state index is 12.7. The predicted molar refractivity (Wildman–Crippen MR) is 103 cm³/mol. The van der Waals surface area contributed by atoms with Crippen LogP contribution in [0.5, 0.6) is 0 Å². The van der Waals surface area contributed by atoms with Crippen LogP contribution in [0.25, 0.3) is 0 Å². The quantitative estimate of drug-likeness (QED) is 0.813. The van der Waals surface area contributed by atoms with Crippen molar-refractivity contribution in [2.45, 2.75) is 38.5 Å². The molecule has 0 bridgehead atoms. The average Bonchev–Trinajstić information content (AvgIpc) is 3.38. The summed E-state index contributed by atoms with van der Waals surface area (Å²) in [5.74, 6) is 0.549. The number of ether oxygens (including phenoxy) is 1. The van der Waals surface area contributed by atoms with Crippen molar-refractivity contribution in [2.75, 3.05) is 12.4 Å². The zero-order chi connectivity index (χ0) is 18.3. The number of carbonyl (C=O) groups is 2. The van der Waals surface area contributed by atoms with Gasteiger partial charge in [0.05, 0.1) is 12.7 Å². The highest BCUT2D eigenvalue weighted by molar-refractivity contribution is 7.17. The summed E-state index contributed by atoms with van der Waals surface area (Å²) in [5.41, 5.74) is 2.86. The summed E-state index contributed by atoms with van der Waals surface area (Å²) in [7, 11) is 1.40. The van der Waals surface area contributed by atoms with Gasteiger partial charge in [-0.15, -0.1) is 11.3 Å². The van der Waals surface area contributed by atoms with Crippen LogP contribution in [0.4, 0.5) is 5.00 Å². The molecule has 26 heavy (non-hydrogen) atoms. The Bertz CT molecular complexity index is 842. The Morgan fingerprint density at radius 2 is 2.00 bits per heavy atom. The van der Waals surface area contributed by atoms with E-state index in [1.807, 2.05) is 18.2 Å². The highest BCUT2D eigenvalue weighted by Gasteiger charge is 2.44. The van der Waals surface area contributed by atoms with Crippen LogP contribution in [-0.2, 0) is 22.4 Å².